The van der Waals surface area contributed by atoms with E-state index in [2.05, 4.69) is 9.88 Å². The normalized spacial score (nSPS) is 16.7. The van der Waals surface area contributed by atoms with Gasteiger partial charge in [0.15, 0.2) is 0 Å². The molecule has 2 aromatic rings. The predicted octanol–water partition coefficient (Wildman–Crippen LogP) is 2.79. The first-order valence-corrected chi connectivity index (χ1v) is 8.37. The van der Waals surface area contributed by atoms with Crippen molar-refractivity contribution in [2.24, 2.45) is 0 Å². The standard InChI is InChI=1S/C19H22FN3O2/c1-13-5-3-7-15(16(13)20)17(19(24)25)22-9-11-23(12-10-22)18-14(2)6-4-8-21-18/h3-8,17H,9-12H2,1-2H3,(H,24,25)/t17-/m1/s1. The highest BCUT2D eigenvalue weighted by atomic mass is 19.1. The van der Waals surface area contributed by atoms with Crippen LogP contribution in [-0.2, 0) is 4.79 Å². The number of rotatable bonds is 4. The summed E-state index contributed by atoms with van der Waals surface area (Å²) in [5, 5.41) is 9.69. The molecule has 5 nitrogen and oxygen atoms in total. The van der Waals surface area contributed by atoms with Crippen LogP contribution in [0.4, 0.5) is 10.2 Å². The highest BCUT2D eigenvalue weighted by molar-refractivity contribution is 5.76. The lowest BCUT2D eigenvalue weighted by atomic mass is 10.0. The molecule has 6 heteroatoms. The summed E-state index contributed by atoms with van der Waals surface area (Å²) in [6.45, 7) is 6.07. The van der Waals surface area contributed by atoms with E-state index in [9.17, 15) is 14.3 Å². The number of nitrogens with zero attached hydrogens (tertiary/aromatic N) is 3. The van der Waals surface area contributed by atoms with Gasteiger partial charge in [-0.1, -0.05) is 24.3 Å². The summed E-state index contributed by atoms with van der Waals surface area (Å²) in [5.74, 6) is -0.527. The Kier molecular flexibility index (Phi) is 4.99. The van der Waals surface area contributed by atoms with Gasteiger partial charge in [-0.3, -0.25) is 9.69 Å². The lowest BCUT2D eigenvalue weighted by Gasteiger charge is -2.38. The van der Waals surface area contributed by atoms with Gasteiger partial charge < -0.3 is 10.0 Å². The molecule has 1 saturated heterocycles. The Morgan fingerprint density at radius 3 is 2.44 bits per heavy atom. The van der Waals surface area contributed by atoms with Crippen molar-refractivity contribution >= 4 is 11.8 Å². The van der Waals surface area contributed by atoms with Gasteiger partial charge in [0, 0.05) is 37.9 Å². The van der Waals surface area contributed by atoms with E-state index in [-0.39, 0.29) is 5.56 Å². The molecule has 1 aromatic heterocycles. The van der Waals surface area contributed by atoms with Gasteiger partial charge in [-0.25, -0.2) is 9.37 Å². The number of hydrogen-bond donors (Lipinski definition) is 1. The molecule has 1 N–H and O–H groups in total. The van der Waals surface area contributed by atoms with Gasteiger partial charge in [-0.2, -0.15) is 0 Å². The fourth-order valence-electron chi connectivity index (χ4n) is 3.37. The Morgan fingerprint density at radius 1 is 1.12 bits per heavy atom. The number of halogens is 1. The second-order valence-electron chi connectivity index (χ2n) is 6.39. The molecule has 2 heterocycles. The zero-order valence-corrected chi connectivity index (χ0v) is 14.4. The Hall–Kier alpha value is -2.47. The van der Waals surface area contributed by atoms with Gasteiger partial charge in [0.25, 0.3) is 0 Å². The van der Waals surface area contributed by atoms with Crippen LogP contribution in [-0.4, -0.2) is 47.1 Å². The van der Waals surface area contributed by atoms with E-state index in [1.165, 1.54) is 0 Å². The first-order valence-electron chi connectivity index (χ1n) is 8.37. The number of pyridine rings is 1. The van der Waals surface area contributed by atoms with E-state index in [4.69, 9.17) is 0 Å². The van der Waals surface area contributed by atoms with Crippen molar-refractivity contribution in [2.75, 3.05) is 31.1 Å². The third-order valence-corrected chi connectivity index (χ3v) is 4.71. The van der Waals surface area contributed by atoms with E-state index >= 15 is 0 Å². The highest BCUT2D eigenvalue weighted by Crippen LogP contribution is 2.28. The first kappa shape index (κ1) is 17.4. The topological polar surface area (TPSA) is 56.7 Å². The maximum absolute atomic E-state index is 14.5. The summed E-state index contributed by atoms with van der Waals surface area (Å²) in [4.78, 5) is 20.2. The number of benzene rings is 1. The zero-order chi connectivity index (χ0) is 18.0. The zero-order valence-electron chi connectivity index (χ0n) is 14.4. The van der Waals surface area contributed by atoms with Crippen molar-refractivity contribution in [3.8, 4) is 0 Å². The van der Waals surface area contributed by atoms with Gasteiger partial charge >= 0.3 is 5.97 Å². The molecule has 1 aromatic carbocycles. The maximum atomic E-state index is 14.5. The van der Waals surface area contributed by atoms with Gasteiger partial charge in [0.05, 0.1) is 0 Å². The van der Waals surface area contributed by atoms with Crippen molar-refractivity contribution < 1.29 is 14.3 Å². The average Bonchev–Trinajstić information content (AvgIpc) is 2.60. The minimum atomic E-state index is -1.02. The van der Waals surface area contributed by atoms with Crippen LogP contribution in [0.2, 0.25) is 0 Å². The molecule has 0 aliphatic carbocycles. The number of anilines is 1. The Labute approximate surface area is 146 Å². The van der Waals surface area contributed by atoms with Crippen LogP contribution in [0.15, 0.2) is 36.5 Å². The van der Waals surface area contributed by atoms with Crippen molar-refractivity contribution in [2.45, 2.75) is 19.9 Å². The Balaban J connectivity index is 1.79. The summed E-state index contributed by atoms with van der Waals surface area (Å²) >= 11 is 0. The predicted molar refractivity (Wildman–Crippen MR) is 94.3 cm³/mol. The molecule has 3 rings (SSSR count). The minimum Gasteiger partial charge on any atom is -0.480 e. The van der Waals surface area contributed by atoms with Crippen LogP contribution < -0.4 is 4.90 Å². The van der Waals surface area contributed by atoms with E-state index in [0.717, 1.165) is 11.4 Å². The number of piperazine rings is 1. The molecule has 132 valence electrons. The van der Waals surface area contributed by atoms with Crippen molar-refractivity contribution in [1.82, 2.24) is 9.88 Å². The second kappa shape index (κ2) is 7.19. The van der Waals surface area contributed by atoms with E-state index in [1.807, 2.05) is 24.0 Å². The summed E-state index contributed by atoms with van der Waals surface area (Å²) in [6.07, 6.45) is 1.76. The van der Waals surface area contributed by atoms with Crippen LogP contribution in [0, 0.1) is 19.7 Å². The SMILES string of the molecule is Cc1cccnc1N1CCN([C@@H](C(=O)O)c2cccc(C)c2F)CC1. The van der Waals surface area contributed by atoms with Crippen molar-refractivity contribution in [3.63, 3.8) is 0 Å². The monoisotopic (exact) mass is 343 g/mol. The largest absolute Gasteiger partial charge is 0.480 e. The number of carboxylic acid groups (broad SMARTS) is 1. The summed E-state index contributed by atoms with van der Waals surface area (Å²) in [7, 11) is 0. The number of carbonyl (C=O) groups is 1. The lowest BCUT2D eigenvalue weighted by molar-refractivity contribution is -0.143. The number of aryl methyl sites for hydroxylation is 2. The van der Waals surface area contributed by atoms with Gasteiger partial charge in [0.2, 0.25) is 0 Å². The number of carboxylic acids is 1. The Bertz CT molecular complexity index is 773. The number of hydrogen-bond acceptors (Lipinski definition) is 4. The summed E-state index contributed by atoms with van der Waals surface area (Å²) in [6, 6.07) is 7.87. The molecule has 1 aliphatic heterocycles. The minimum absolute atomic E-state index is 0.231. The molecule has 0 unspecified atom stereocenters. The molecular weight excluding hydrogens is 321 g/mol. The van der Waals surface area contributed by atoms with Crippen LogP contribution in [0.25, 0.3) is 0 Å². The summed E-state index contributed by atoms with van der Waals surface area (Å²) in [5.41, 5.74) is 1.79. The molecular formula is C19H22FN3O2. The Morgan fingerprint density at radius 2 is 1.80 bits per heavy atom. The highest BCUT2D eigenvalue weighted by Gasteiger charge is 2.32. The molecule has 25 heavy (non-hydrogen) atoms. The third kappa shape index (κ3) is 3.49. The maximum Gasteiger partial charge on any atom is 0.325 e. The number of aliphatic carboxylic acids is 1. The third-order valence-electron chi connectivity index (χ3n) is 4.71. The van der Waals surface area contributed by atoms with Crippen molar-refractivity contribution in [3.05, 3.63) is 59.0 Å². The lowest BCUT2D eigenvalue weighted by Crippen LogP contribution is -2.49. The molecule has 0 amide bonds. The molecule has 1 fully saturated rings. The van der Waals surface area contributed by atoms with E-state index in [1.54, 1.807) is 31.3 Å². The fraction of sp³-hybridized carbons (Fsp3) is 0.368. The summed E-state index contributed by atoms with van der Waals surface area (Å²) < 4.78 is 14.5. The molecule has 1 atom stereocenters. The smallest absolute Gasteiger partial charge is 0.325 e. The molecule has 1 aliphatic rings. The molecule has 0 bridgehead atoms. The van der Waals surface area contributed by atoms with Gasteiger partial charge in [-0.05, 0) is 31.0 Å². The fourth-order valence-corrected chi connectivity index (χ4v) is 3.37. The second-order valence-corrected chi connectivity index (χ2v) is 6.39. The quantitative estimate of drug-likeness (QED) is 0.925. The van der Waals surface area contributed by atoms with Crippen molar-refractivity contribution in [1.29, 1.82) is 0 Å². The van der Waals surface area contributed by atoms with Gasteiger partial charge in [0.1, 0.15) is 17.7 Å². The molecule has 0 radical (unpaired) electrons. The van der Waals surface area contributed by atoms with Crippen LogP contribution in [0.3, 0.4) is 0 Å². The van der Waals surface area contributed by atoms with E-state index < -0.39 is 17.8 Å². The molecule has 0 saturated carbocycles. The number of aromatic nitrogens is 1. The molecule has 0 spiro atoms. The van der Waals surface area contributed by atoms with E-state index in [0.29, 0.717) is 31.7 Å². The van der Waals surface area contributed by atoms with Crippen LogP contribution in [0.5, 0.6) is 0 Å². The average molecular weight is 343 g/mol. The van der Waals surface area contributed by atoms with Gasteiger partial charge in [-0.15, -0.1) is 0 Å². The van der Waals surface area contributed by atoms with Crippen LogP contribution >= 0.6 is 0 Å². The first-order chi connectivity index (χ1) is 12.0. The van der Waals surface area contributed by atoms with Crippen LogP contribution in [0.1, 0.15) is 22.7 Å².